The number of anilines is 1. The summed E-state index contributed by atoms with van der Waals surface area (Å²) < 4.78 is 91.3. The number of alkyl halides is 3. The van der Waals surface area contributed by atoms with E-state index in [0.29, 0.717) is 35.5 Å². The fraction of sp³-hybridized carbons (Fsp3) is 0.286. The Morgan fingerprint density at radius 1 is 1.00 bits per heavy atom. The van der Waals surface area contributed by atoms with Gasteiger partial charge < -0.3 is 4.90 Å². The molecule has 2 aromatic carbocycles. The number of sulfone groups is 1. The number of nitrogens with zero attached hydrogens (tertiary/aromatic N) is 2. The monoisotopic (exact) mass is 488 g/mol. The maximum atomic E-state index is 13.5. The molecule has 1 aromatic heterocycles. The first-order valence-electron chi connectivity index (χ1n) is 9.63. The van der Waals surface area contributed by atoms with Crippen LogP contribution in [-0.4, -0.2) is 31.7 Å². The third kappa shape index (κ3) is 4.49. The van der Waals surface area contributed by atoms with Crippen molar-refractivity contribution in [1.82, 2.24) is 4.98 Å². The van der Waals surface area contributed by atoms with Crippen LogP contribution in [0.15, 0.2) is 52.7 Å². The zero-order valence-electron chi connectivity index (χ0n) is 16.4. The Labute approximate surface area is 185 Å². The SMILES string of the molecule is O=S(=O)(c1cccc(C(F)(F)F)c1)C1CCN(c2nc(-c3ccc(F)c(F)c3)cs2)CC1. The predicted molar refractivity (Wildman–Crippen MR) is 111 cm³/mol. The molecule has 0 bridgehead atoms. The Balaban J connectivity index is 1.46. The summed E-state index contributed by atoms with van der Waals surface area (Å²) in [6, 6.07) is 7.30. The first-order valence-corrected chi connectivity index (χ1v) is 12.1. The van der Waals surface area contributed by atoms with Crippen LogP contribution in [0.5, 0.6) is 0 Å². The van der Waals surface area contributed by atoms with Crippen molar-refractivity contribution >= 4 is 26.3 Å². The van der Waals surface area contributed by atoms with Crippen molar-refractivity contribution in [2.24, 2.45) is 0 Å². The van der Waals surface area contributed by atoms with Gasteiger partial charge in [0.05, 0.1) is 21.4 Å². The molecule has 0 amide bonds. The van der Waals surface area contributed by atoms with Crippen LogP contribution in [0.2, 0.25) is 0 Å². The molecule has 1 aliphatic heterocycles. The molecule has 1 aliphatic rings. The van der Waals surface area contributed by atoms with E-state index in [2.05, 4.69) is 4.98 Å². The van der Waals surface area contributed by atoms with E-state index >= 15 is 0 Å². The van der Waals surface area contributed by atoms with Gasteiger partial charge in [0.2, 0.25) is 0 Å². The van der Waals surface area contributed by atoms with Gasteiger partial charge in [-0.1, -0.05) is 6.07 Å². The summed E-state index contributed by atoms with van der Waals surface area (Å²) in [5, 5.41) is 1.51. The summed E-state index contributed by atoms with van der Waals surface area (Å²) in [5.41, 5.74) is -0.0976. The lowest BCUT2D eigenvalue weighted by Crippen LogP contribution is -2.39. The van der Waals surface area contributed by atoms with Gasteiger partial charge in [-0.2, -0.15) is 13.2 Å². The van der Waals surface area contributed by atoms with Gasteiger partial charge in [-0.15, -0.1) is 11.3 Å². The van der Waals surface area contributed by atoms with E-state index in [1.54, 1.807) is 5.38 Å². The van der Waals surface area contributed by atoms with E-state index in [9.17, 15) is 30.4 Å². The molecule has 0 N–H and O–H groups in total. The van der Waals surface area contributed by atoms with Crippen molar-refractivity contribution in [2.45, 2.75) is 29.2 Å². The first-order chi connectivity index (χ1) is 15.1. The highest BCUT2D eigenvalue weighted by Gasteiger charge is 2.35. The minimum atomic E-state index is -4.62. The van der Waals surface area contributed by atoms with Gasteiger partial charge in [0.15, 0.2) is 26.6 Å². The summed E-state index contributed by atoms with van der Waals surface area (Å²) in [7, 11) is -3.92. The standard InChI is InChI=1S/C21H17F5N2O2S2/c22-17-5-4-13(10-18(17)23)19-12-31-20(27-19)28-8-6-15(7-9-28)32(29,30)16-3-1-2-14(11-16)21(24,25)26/h1-5,10-12,15H,6-9H2. The van der Waals surface area contributed by atoms with Crippen molar-refractivity contribution in [3.05, 3.63) is 65.0 Å². The van der Waals surface area contributed by atoms with Crippen LogP contribution in [-0.2, 0) is 16.0 Å². The fourth-order valence-corrected chi connectivity index (χ4v) is 6.26. The fourth-order valence-electron chi connectivity index (χ4n) is 3.60. The zero-order valence-corrected chi connectivity index (χ0v) is 18.1. The van der Waals surface area contributed by atoms with Crippen molar-refractivity contribution in [2.75, 3.05) is 18.0 Å². The molecule has 4 nitrogen and oxygen atoms in total. The smallest absolute Gasteiger partial charge is 0.348 e. The number of hydrogen-bond donors (Lipinski definition) is 0. The third-order valence-electron chi connectivity index (χ3n) is 5.35. The number of benzene rings is 2. The molecule has 0 radical (unpaired) electrons. The minimum Gasteiger partial charge on any atom is -0.348 e. The summed E-state index contributed by atoms with van der Waals surface area (Å²) in [6.45, 7) is 0.710. The Bertz CT molecular complexity index is 1230. The number of thiazole rings is 1. The lowest BCUT2D eigenvalue weighted by atomic mass is 10.1. The second-order valence-electron chi connectivity index (χ2n) is 7.40. The molecule has 0 atom stereocenters. The van der Waals surface area contributed by atoms with Gasteiger partial charge >= 0.3 is 6.18 Å². The Morgan fingerprint density at radius 2 is 1.72 bits per heavy atom. The highest BCUT2D eigenvalue weighted by Crippen LogP contribution is 2.34. The number of rotatable bonds is 4. The van der Waals surface area contributed by atoms with Gasteiger partial charge in [0.1, 0.15) is 0 Å². The lowest BCUT2D eigenvalue weighted by Gasteiger charge is -2.31. The molecule has 0 aliphatic carbocycles. The molecule has 11 heteroatoms. The molecule has 170 valence electrons. The predicted octanol–water partition coefficient (Wildman–Crippen LogP) is 5.55. The molecular formula is C21H17F5N2O2S2. The molecule has 0 saturated carbocycles. The number of aromatic nitrogens is 1. The van der Waals surface area contributed by atoms with Gasteiger partial charge in [-0.3, -0.25) is 0 Å². The van der Waals surface area contributed by atoms with E-state index in [1.807, 2.05) is 4.90 Å². The third-order valence-corrected chi connectivity index (χ3v) is 8.51. The Kier molecular flexibility index (Phi) is 5.97. The molecule has 4 rings (SSSR count). The summed E-state index contributed by atoms with van der Waals surface area (Å²) in [5.74, 6) is -1.93. The van der Waals surface area contributed by atoms with Crippen molar-refractivity contribution in [3.8, 4) is 11.3 Å². The van der Waals surface area contributed by atoms with Crippen LogP contribution in [0.1, 0.15) is 18.4 Å². The Hall–Kier alpha value is -2.53. The van der Waals surface area contributed by atoms with Gasteiger partial charge in [0.25, 0.3) is 0 Å². The van der Waals surface area contributed by atoms with E-state index in [1.165, 1.54) is 23.5 Å². The quantitative estimate of drug-likeness (QED) is 0.452. The number of hydrogen-bond acceptors (Lipinski definition) is 5. The van der Waals surface area contributed by atoms with Gasteiger partial charge in [-0.25, -0.2) is 22.2 Å². The average Bonchev–Trinajstić information content (AvgIpc) is 3.25. The van der Waals surface area contributed by atoms with Crippen molar-refractivity contribution in [1.29, 1.82) is 0 Å². The van der Waals surface area contributed by atoms with Gasteiger partial charge in [-0.05, 0) is 49.2 Å². The molecule has 1 saturated heterocycles. The second kappa shape index (κ2) is 8.43. The van der Waals surface area contributed by atoms with E-state index in [0.717, 1.165) is 24.3 Å². The van der Waals surface area contributed by atoms with Crippen LogP contribution in [0.3, 0.4) is 0 Å². The summed E-state index contributed by atoms with van der Waals surface area (Å²) in [4.78, 5) is 5.99. The highest BCUT2D eigenvalue weighted by molar-refractivity contribution is 7.92. The molecule has 3 aromatic rings. The van der Waals surface area contributed by atoms with Crippen LogP contribution in [0.25, 0.3) is 11.3 Å². The van der Waals surface area contributed by atoms with Crippen molar-refractivity contribution < 1.29 is 30.4 Å². The van der Waals surface area contributed by atoms with Crippen LogP contribution in [0, 0.1) is 11.6 Å². The number of halogens is 5. The second-order valence-corrected chi connectivity index (χ2v) is 10.5. The minimum absolute atomic E-state index is 0.235. The Morgan fingerprint density at radius 3 is 2.38 bits per heavy atom. The lowest BCUT2D eigenvalue weighted by molar-refractivity contribution is -0.137. The molecule has 1 fully saturated rings. The molecule has 2 heterocycles. The zero-order chi connectivity index (χ0) is 23.1. The van der Waals surface area contributed by atoms with Gasteiger partial charge in [0, 0.05) is 24.0 Å². The molecule has 0 unspecified atom stereocenters. The van der Waals surface area contributed by atoms with Crippen LogP contribution >= 0.6 is 11.3 Å². The first kappa shape index (κ1) is 22.7. The maximum Gasteiger partial charge on any atom is 0.416 e. The normalized spacial score (nSPS) is 15.8. The summed E-state index contributed by atoms with van der Waals surface area (Å²) in [6.07, 6.45) is -4.15. The van der Waals surface area contributed by atoms with E-state index < -0.39 is 38.5 Å². The molecular weight excluding hydrogens is 471 g/mol. The van der Waals surface area contributed by atoms with Crippen molar-refractivity contribution in [3.63, 3.8) is 0 Å². The highest BCUT2D eigenvalue weighted by atomic mass is 32.2. The maximum absolute atomic E-state index is 13.5. The van der Waals surface area contributed by atoms with E-state index in [4.69, 9.17) is 0 Å². The van der Waals surface area contributed by atoms with Crippen LogP contribution < -0.4 is 4.90 Å². The number of piperidine rings is 1. The molecule has 0 spiro atoms. The van der Waals surface area contributed by atoms with Crippen LogP contribution in [0.4, 0.5) is 27.1 Å². The average molecular weight is 489 g/mol. The summed E-state index contributed by atoms with van der Waals surface area (Å²) >= 11 is 1.29. The molecule has 32 heavy (non-hydrogen) atoms. The van der Waals surface area contributed by atoms with E-state index in [-0.39, 0.29) is 17.7 Å². The largest absolute Gasteiger partial charge is 0.416 e. The topological polar surface area (TPSA) is 50.3 Å².